The molecule has 8 nitrogen and oxygen atoms in total. The number of ether oxygens (including phenoxy) is 1. The SMILES string of the molecule is CCCN1C(=O)NC(c2cccc(NC(=O)Nc3ccc(Br)cc3)c2)C(C(=O)OCC)=C1C. The monoisotopic (exact) mass is 514 g/mol. The van der Waals surface area contributed by atoms with Gasteiger partial charge in [0, 0.05) is 28.1 Å². The van der Waals surface area contributed by atoms with E-state index in [1.54, 1.807) is 55.1 Å². The van der Waals surface area contributed by atoms with Crippen LogP contribution in [0.15, 0.2) is 64.3 Å². The maximum absolute atomic E-state index is 12.8. The van der Waals surface area contributed by atoms with Crippen LogP contribution in [0.4, 0.5) is 21.0 Å². The van der Waals surface area contributed by atoms with Crippen LogP contribution in [-0.2, 0) is 9.53 Å². The van der Waals surface area contributed by atoms with Crippen molar-refractivity contribution in [2.24, 2.45) is 0 Å². The number of halogens is 1. The second kappa shape index (κ2) is 11.0. The van der Waals surface area contributed by atoms with Crippen LogP contribution in [-0.4, -0.2) is 36.1 Å². The Hall–Kier alpha value is -3.33. The van der Waals surface area contributed by atoms with Crippen molar-refractivity contribution < 1.29 is 19.1 Å². The lowest BCUT2D eigenvalue weighted by molar-refractivity contribution is -0.139. The molecule has 0 saturated heterocycles. The van der Waals surface area contributed by atoms with E-state index in [-0.39, 0.29) is 12.6 Å². The normalized spacial score (nSPS) is 15.7. The zero-order valence-electron chi connectivity index (χ0n) is 18.8. The Labute approximate surface area is 201 Å². The van der Waals surface area contributed by atoms with E-state index >= 15 is 0 Å². The van der Waals surface area contributed by atoms with Gasteiger partial charge in [-0.15, -0.1) is 0 Å². The number of urea groups is 2. The first kappa shape index (κ1) is 24.3. The molecule has 4 amide bonds. The summed E-state index contributed by atoms with van der Waals surface area (Å²) in [4.78, 5) is 39.5. The van der Waals surface area contributed by atoms with Gasteiger partial charge in [0.25, 0.3) is 0 Å². The molecule has 3 rings (SSSR count). The van der Waals surface area contributed by atoms with Crippen LogP contribution in [0.2, 0.25) is 0 Å². The number of esters is 1. The summed E-state index contributed by atoms with van der Waals surface area (Å²) in [6.45, 7) is 6.17. The van der Waals surface area contributed by atoms with Crippen LogP contribution in [0, 0.1) is 0 Å². The highest BCUT2D eigenvalue weighted by molar-refractivity contribution is 9.10. The van der Waals surface area contributed by atoms with Crippen LogP contribution in [0.1, 0.15) is 38.8 Å². The van der Waals surface area contributed by atoms with Gasteiger partial charge in [0.15, 0.2) is 0 Å². The Bertz CT molecular complexity index is 1070. The number of nitrogens with one attached hydrogen (secondary N) is 3. The number of carbonyl (C=O) groups is 3. The highest BCUT2D eigenvalue weighted by Crippen LogP contribution is 2.32. The van der Waals surface area contributed by atoms with Crippen LogP contribution in [0.5, 0.6) is 0 Å². The number of hydrogen-bond donors (Lipinski definition) is 3. The molecule has 0 spiro atoms. The molecular weight excluding hydrogens is 488 g/mol. The van der Waals surface area contributed by atoms with Crippen LogP contribution < -0.4 is 16.0 Å². The first-order valence-electron chi connectivity index (χ1n) is 10.7. The fourth-order valence-electron chi connectivity index (χ4n) is 3.62. The number of allylic oxidation sites excluding steroid dienone is 1. The molecule has 0 radical (unpaired) electrons. The van der Waals surface area contributed by atoms with E-state index in [9.17, 15) is 14.4 Å². The molecule has 0 fully saturated rings. The molecule has 0 aromatic heterocycles. The Morgan fingerprint density at radius 3 is 2.45 bits per heavy atom. The zero-order valence-corrected chi connectivity index (χ0v) is 20.4. The van der Waals surface area contributed by atoms with Crippen LogP contribution in [0.3, 0.4) is 0 Å². The van der Waals surface area contributed by atoms with Gasteiger partial charge in [-0.2, -0.15) is 0 Å². The summed E-state index contributed by atoms with van der Waals surface area (Å²) in [5, 5.41) is 8.46. The summed E-state index contributed by atoms with van der Waals surface area (Å²) in [6.07, 6.45) is 0.748. The van der Waals surface area contributed by atoms with Crippen molar-refractivity contribution >= 4 is 45.3 Å². The molecule has 33 heavy (non-hydrogen) atoms. The average molecular weight is 515 g/mol. The van der Waals surface area contributed by atoms with Crippen molar-refractivity contribution in [3.8, 4) is 0 Å². The Morgan fingerprint density at radius 2 is 1.79 bits per heavy atom. The molecule has 174 valence electrons. The molecular formula is C24H27BrN4O4. The quantitative estimate of drug-likeness (QED) is 0.430. The lowest BCUT2D eigenvalue weighted by Crippen LogP contribution is -2.48. The van der Waals surface area contributed by atoms with Crippen LogP contribution >= 0.6 is 15.9 Å². The summed E-state index contributed by atoms with van der Waals surface area (Å²) in [5.74, 6) is -0.479. The fourth-order valence-corrected chi connectivity index (χ4v) is 3.88. The number of rotatable bonds is 7. The van der Waals surface area contributed by atoms with E-state index < -0.39 is 18.0 Å². The molecule has 1 heterocycles. The van der Waals surface area contributed by atoms with E-state index in [2.05, 4.69) is 31.9 Å². The van der Waals surface area contributed by atoms with E-state index in [0.717, 1.165) is 10.9 Å². The first-order valence-corrected chi connectivity index (χ1v) is 11.5. The van der Waals surface area contributed by atoms with Crippen molar-refractivity contribution in [3.63, 3.8) is 0 Å². The van der Waals surface area contributed by atoms with Gasteiger partial charge >= 0.3 is 18.0 Å². The van der Waals surface area contributed by atoms with Gasteiger partial charge in [-0.05, 0) is 62.2 Å². The smallest absolute Gasteiger partial charge is 0.338 e. The van der Waals surface area contributed by atoms with E-state index in [0.29, 0.717) is 34.8 Å². The number of benzene rings is 2. The standard InChI is InChI=1S/C24H27BrN4O4/c1-4-13-29-15(3)20(22(30)33-5-2)21(28-24(29)32)16-7-6-8-19(14-16)27-23(31)26-18-11-9-17(25)10-12-18/h6-12,14,21H,4-5,13H2,1-3H3,(H,28,32)(H2,26,27,31). The first-order chi connectivity index (χ1) is 15.8. The molecule has 2 aromatic carbocycles. The van der Waals surface area contributed by atoms with Gasteiger partial charge in [0.05, 0.1) is 18.2 Å². The highest BCUT2D eigenvalue weighted by Gasteiger charge is 2.36. The van der Waals surface area contributed by atoms with E-state index in [1.807, 2.05) is 19.1 Å². The molecule has 1 unspecified atom stereocenters. The molecule has 9 heteroatoms. The minimum Gasteiger partial charge on any atom is -0.463 e. The predicted molar refractivity (Wildman–Crippen MR) is 131 cm³/mol. The minimum absolute atomic E-state index is 0.224. The van der Waals surface area contributed by atoms with Gasteiger partial charge in [-0.3, -0.25) is 4.90 Å². The minimum atomic E-state index is -0.694. The summed E-state index contributed by atoms with van der Waals surface area (Å²) in [7, 11) is 0. The highest BCUT2D eigenvalue weighted by atomic mass is 79.9. The van der Waals surface area contributed by atoms with Crippen molar-refractivity contribution in [1.29, 1.82) is 0 Å². The molecule has 1 aliphatic heterocycles. The molecule has 0 aliphatic carbocycles. The third-order valence-electron chi connectivity index (χ3n) is 5.12. The van der Waals surface area contributed by atoms with Gasteiger partial charge in [0.1, 0.15) is 0 Å². The van der Waals surface area contributed by atoms with Gasteiger partial charge in [-0.1, -0.05) is 35.0 Å². The van der Waals surface area contributed by atoms with E-state index in [1.165, 1.54) is 0 Å². The van der Waals surface area contributed by atoms with Gasteiger partial charge < -0.3 is 20.7 Å². The van der Waals surface area contributed by atoms with Gasteiger partial charge in [-0.25, -0.2) is 14.4 Å². The number of hydrogen-bond acceptors (Lipinski definition) is 4. The Balaban J connectivity index is 1.86. The predicted octanol–water partition coefficient (Wildman–Crippen LogP) is 5.41. The molecule has 2 aromatic rings. The number of anilines is 2. The third kappa shape index (κ3) is 5.92. The summed E-state index contributed by atoms with van der Waals surface area (Å²) < 4.78 is 6.19. The largest absolute Gasteiger partial charge is 0.463 e. The number of carbonyl (C=O) groups excluding carboxylic acids is 3. The summed E-state index contributed by atoms with van der Waals surface area (Å²) in [5.41, 5.74) is 2.76. The lowest BCUT2D eigenvalue weighted by Gasteiger charge is -2.35. The Morgan fingerprint density at radius 1 is 1.09 bits per heavy atom. The molecule has 1 atom stereocenters. The molecule has 3 N–H and O–H groups in total. The van der Waals surface area contributed by atoms with Crippen molar-refractivity contribution in [3.05, 3.63) is 69.8 Å². The maximum Gasteiger partial charge on any atom is 0.338 e. The van der Waals surface area contributed by atoms with Crippen LogP contribution in [0.25, 0.3) is 0 Å². The number of nitrogens with zero attached hydrogens (tertiary/aromatic N) is 1. The van der Waals surface area contributed by atoms with Crippen molar-refractivity contribution in [2.75, 3.05) is 23.8 Å². The van der Waals surface area contributed by atoms with Gasteiger partial charge in [0.2, 0.25) is 0 Å². The van der Waals surface area contributed by atoms with E-state index in [4.69, 9.17) is 4.74 Å². The zero-order chi connectivity index (χ0) is 24.0. The third-order valence-corrected chi connectivity index (χ3v) is 5.65. The molecule has 1 aliphatic rings. The summed E-state index contributed by atoms with van der Waals surface area (Å²) >= 11 is 3.36. The molecule has 0 saturated carbocycles. The topological polar surface area (TPSA) is 99.8 Å². The van der Waals surface area contributed by atoms with Crippen molar-refractivity contribution in [2.45, 2.75) is 33.2 Å². The lowest BCUT2D eigenvalue weighted by atomic mass is 9.94. The second-order valence-corrected chi connectivity index (χ2v) is 8.38. The fraction of sp³-hybridized carbons (Fsp3) is 0.292. The van der Waals surface area contributed by atoms with Crippen molar-refractivity contribution in [1.82, 2.24) is 10.2 Å². The average Bonchev–Trinajstić information content (AvgIpc) is 2.78. The summed E-state index contributed by atoms with van der Waals surface area (Å²) in [6, 6.07) is 12.8. The number of amides is 4. The molecule has 0 bridgehead atoms. The Kier molecular flexibility index (Phi) is 8.11. The maximum atomic E-state index is 12.8. The second-order valence-electron chi connectivity index (χ2n) is 7.47.